The van der Waals surface area contributed by atoms with Crippen molar-refractivity contribution < 1.29 is 0 Å². The smallest absolute Gasteiger partial charge is 0.0626 e. The van der Waals surface area contributed by atoms with Crippen LogP contribution in [0.3, 0.4) is 0 Å². The molecule has 0 aliphatic rings. The molecule has 0 saturated heterocycles. The van der Waals surface area contributed by atoms with E-state index in [0.717, 1.165) is 5.69 Å². The maximum atomic E-state index is 2.55. The summed E-state index contributed by atoms with van der Waals surface area (Å²) in [6.07, 6.45) is 0. The second-order valence-electron chi connectivity index (χ2n) is 20.3. The Balaban J connectivity index is 0.952. The molecule has 0 saturated carbocycles. The van der Waals surface area contributed by atoms with Gasteiger partial charge in [0.25, 0.3) is 0 Å². The van der Waals surface area contributed by atoms with E-state index in [9.17, 15) is 0 Å². The van der Waals surface area contributed by atoms with Crippen molar-refractivity contribution in [1.29, 1.82) is 0 Å². The first-order valence-corrected chi connectivity index (χ1v) is 26.1. The van der Waals surface area contributed by atoms with Crippen molar-refractivity contribution in [3.05, 3.63) is 273 Å². The molecule has 0 amide bonds. The third-order valence-electron chi connectivity index (χ3n) is 16.2. The fraction of sp³-hybridized carbons (Fsp3) is 0. The van der Waals surface area contributed by atoms with E-state index in [0.29, 0.717) is 0 Å². The van der Waals surface area contributed by atoms with Gasteiger partial charge in [-0.2, -0.15) is 0 Å². The third-order valence-corrected chi connectivity index (χ3v) is 16.2. The van der Waals surface area contributed by atoms with Crippen LogP contribution in [0.4, 0.5) is 0 Å². The van der Waals surface area contributed by atoms with Crippen LogP contribution in [-0.2, 0) is 0 Å². The van der Waals surface area contributed by atoms with Gasteiger partial charge < -0.3 is 4.57 Å². The molecule has 0 N–H and O–H groups in total. The van der Waals surface area contributed by atoms with Gasteiger partial charge >= 0.3 is 0 Å². The predicted molar refractivity (Wildman–Crippen MR) is 321 cm³/mol. The zero-order valence-corrected chi connectivity index (χ0v) is 40.9. The zero-order chi connectivity index (χ0) is 49.1. The van der Waals surface area contributed by atoms with Crippen molar-refractivity contribution in [2.75, 3.05) is 0 Å². The van der Waals surface area contributed by atoms with Crippen molar-refractivity contribution in [3.8, 4) is 72.4 Å². The summed E-state index contributed by atoms with van der Waals surface area (Å²) in [5.74, 6) is 0. The average molecular weight is 948 g/mol. The summed E-state index contributed by atoms with van der Waals surface area (Å²) in [7, 11) is 0. The zero-order valence-electron chi connectivity index (χ0n) is 40.9. The van der Waals surface area contributed by atoms with Gasteiger partial charge in [0.05, 0.1) is 11.0 Å². The van der Waals surface area contributed by atoms with Gasteiger partial charge in [-0.15, -0.1) is 0 Å². The summed E-state index contributed by atoms with van der Waals surface area (Å²) in [6, 6.07) is 102. The Bertz CT molecular complexity index is 4780. The largest absolute Gasteiger partial charge is 0.309 e. The Hall–Kier alpha value is -9.82. The Kier molecular flexibility index (Phi) is 9.10. The Labute approximate surface area is 434 Å². The summed E-state index contributed by atoms with van der Waals surface area (Å²) >= 11 is 0. The molecule has 0 bridgehead atoms. The normalized spacial score (nSPS) is 12.0. The van der Waals surface area contributed by atoms with Crippen LogP contribution in [0.5, 0.6) is 0 Å². The van der Waals surface area contributed by atoms with Gasteiger partial charge in [0.1, 0.15) is 0 Å². The van der Waals surface area contributed by atoms with E-state index < -0.39 is 0 Å². The van der Waals surface area contributed by atoms with E-state index in [1.807, 2.05) is 0 Å². The second kappa shape index (κ2) is 16.3. The number of hydrogen-bond acceptors (Lipinski definition) is 0. The Morgan fingerprint density at radius 3 is 1.23 bits per heavy atom. The molecule has 0 atom stereocenters. The molecule has 75 heavy (non-hydrogen) atoms. The molecule has 1 aromatic heterocycles. The fourth-order valence-corrected chi connectivity index (χ4v) is 12.9. The number of rotatable bonds is 7. The monoisotopic (exact) mass is 947 g/mol. The van der Waals surface area contributed by atoms with Gasteiger partial charge in [-0.1, -0.05) is 224 Å². The molecular weight excluding hydrogens is 903 g/mol. The first-order valence-electron chi connectivity index (χ1n) is 26.1. The molecule has 1 heterocycles. The van der Waals surface area contributed by atoms with E-state index in [1.54, 1.807) is 0 Å². The lowest BCUT2D eigenvalue weighted by Crippen LogP contribution is -1.97. The fourth-order valence-electron chi connectivity index (χ4n) is 12.9. The lowest BCUT2D eigenvalue weighted by atomic mass is 9.83. The van der Waals surface area contributed by atoms with E-state index in [1.165, 1.54) is 153 Å². The number of para-hydroxylation sites is 1. The van der Waals surface area contributed by atoms with Crippen molar-refractivity contribution >= 4 is 86.4 Å². The lowest BCUT2D eigenvalue weighted by Gasteiger charge is -2.20. The van der Waals surface area contributed by atoms with Crippen molar-refractivity contribution in [2.45, 2.75) is 0 Å². The van der Waals surface area contributed by atoms with Gasteiger partial charge in [0, 0.05) is 27.2 Å². The van der Waals surface area contributed by atoms with Crippen LogP contribution in [0.2, 0.25) is 0 Å². The highest BCUT2D eigenvalue weighted by atomic mass is 15.0. The highest BCUT2D eigenvalue weighted by molar-refractivity contribution is 6.40. The molecule has 0 spiro atoms. The van der Waals surface area contributed by atoms with Crippen LogP contribution in [0.25, 0.3) is 159 Å². The van der Waals surface area contributed by atoms with Gasteiger partial charge in [-0.05, 0) is 169 Å². The number of hydrogen-bond donors (Lipinski definition) is 0. The topological polar surface area (TPSA) is 4.93 Å². The Morgan fingerprint density at radius 1 is 0.200 bits per heavy atom. The maximum absolute atomic E-state index is 2.55. The minimum Gasteiger partial charge on any atom is -0.309 e. The second-order valence-corrected chi connectivity index (χ2v) is 20.3. The molecule has 0 unspecified atom stereocenters. The van der Waals surface area contributed by atoms with Crippen LogP contribution in [0.15, 0.2) is 273 Å². The quantitative estimate of drug-likeness (QED) is 0.140. The molecule has 0 fully saturated rings. The molecule has 0 radical (unpaired) electrons. The summed E-state index contributed by atoms with van der Waals surface area (Å²) in [4.78, 5) is 0. The average Bonchev–Trinajstić information content (AvgIpc) is 3.84. The number of fused-ring (bicyclic) bond motifs is 5. The van der Waals surface area contributed by atoms with Gasteiger partial charge in [0.2, 0.25) is 0 Å². The molecule has 15 aromatic carbocycles. The predicted octanol–water partition coefficient (Wildman–Crippen LogP) is 20.6. The first kappa shape index (κ1) is 41.8. The van der Waals surface area contributed by atoms with Crippen molar-refractivity contribution in [1.82, 2.24) is 4.57 Å². The van der Waals surface area contributed by atoms with Crippen LogP contribution in [-0.4, -0.2) is 4.57 Å². The van der Waals surface area contributed by atoms with E-state index in [4.69, 9.17) is 0 Å². The van der Waals surface area contributed by atoms with E-state index in [-0.39, 0.29) is 0 Å². The number of nitrogens with zero attached hydrogens (tertiary/aromatic N) is 1. The molecule has 1 nitrogen and oxygen atoms in total. The SMILES string of the molecule is c1ccc(-c2cc(-c3ccccc3)cc(-c3ccc4ccc5c(-c6cc7cccc8c7c7c6cccc7c6c8c7ccccc7n6-c6cc(-c7ccccc7)cc(-c7ccccc7)c6)ccc6ccc3c4c65)c2)cc1. The van der Waals surface area contributed by atoms with Crippen molar-refractivity contribution in [2.24, 2.45) is 0 Å². The highest BCUT2D eigenvalue weighted by Crippen LogP contribution is 2.50. The number of aromatic nitrogens is 1. The van der Waals surface area contributed by atoms with Gasteiger partial charge in [-0.3, -0.25) is 0 Å². The molecule has 0 aliphatic heterocycles. The molecule has 0 aliphatic carbocycles. The van der Waals surface area contributed by atoms with Crippen LogP contribution in [0.1, 0.15) is 0 Å². The standard InChI is InChI=1S/C74H45N/c1-5-17-46(18-6-1)53-39-54(47-19-7-2-8-20-47)42-57(41-53)59-35-31-50-34-38-63-60(36-32-51-33-37-62(59)69(50)70(51)63)67-45-52-25-15-28-65-71(52)72-61(67)27-16-29-66(72)74-73(65)64-26-13-14-30-68(64)75(74)58-43-55(48-21-9-3-10-22-48)40-56(44-58)49-23-11-4-12-24-49/h1-45H. The number of benzene rings is 15. The van der Waals surface area contributed by atoms with Crippen LogP contribution in [0, 0.1) is 0 Å². The molecular formula is C74H45N. The Morgan fingerprint density at radius 2 is 0.627 bits per heavy atom. The minimum atomic E-state index is 1.14. The maximum Gasteiger partial charge on any atom is 0.0626 e. The molecule has 346 valence electrons. The molecule has 16 aromatic rings. The van der Waals surface area contributed by atoms with Crippen LogP contribution < -0.4 is 0 Å². The minimum absolute atomic E-state index is 1.14. The first-order chi connectivity index (χ1) is 37.2. The van der Waals surface area contributed by atoms with Gasteiger partial charge in [0.15, 0.2) is 0 Å². The third kappa shape index (κ3) is 6.38. The summed E-state index contributed by atoms with van der Waals surface area (Å²) in [5.41, 5.74) is 18.2. The van der Waals surface area contributed by atoms with Crippen LogP contribution >= 0.6 is 0 Å². The van der Waals surface area contributed by atoms with E-state index >= 15 is 0 Å². The highest BCUT2D eigenvalue weighted by Gasteiger charge is 2.24. The summed E-state index contributed by atoms with van der Waals surface area (Å²) in [6.45, 7) is 0. The summed E-state index contributed by atoms with van der Waals surface area (Å²) in [5, 5.41) is 17.9. The lowest BCUT2D eigenvalue weighted by molar-refractivity contribution is 1.19. The van der Waals surface area contributed by atoms with E-state index in [2.05, 4.69) is 278 Å². The molecule has 1 heteroatoms. The molecule has 16 rings (SSSR count). The van der Waals surface area contributed by atoms with Gasteiger partial charge in [-0.25, -0.2) is 0 Å². The summed E-state index contributed by atoms with van der Waals surface area (Å²) < 4.78 is 2.55. The van der Waals surface area contributed by atoms with Crippen molar-refractivity contribution in [3.63, 3.8) is 0 Å².